The molecule has 0 fully saturated rings. The molecule has 0 aliphatic heterocycles. The van der Waals surface area contributed by atoms with Crippen LogP contribution < -0.4 is 16.0 Å². The first kappa shape index (κ1) is 82.6. The van der Waals surface area contributed by atoms with Crippen LogP contribution >= 0.6 is 34.5 Å². The Balaban J connectivity index is 0.000000137. The van der Waals surface area contributed by atoms with Gasteiger partial charge >= 0.3 is 0 Å². The lowest BCUT2D eigenvalue weighted by Crippen LogP contribution is -2.14. The number of anilines is 3. The molecule has 0 saturated heterocycles. The van der Waals surface area contributed by atoms with Gasteiger partial charge in [0.1, 0.15) is 22.3 Å². The van der Waals surface area contributed by atoms with Gasteiger partial charge in [-0.05, 0) is 237 Å². The predicted octanol–water partition coefficient (Wildman–Crippen LogP) is 18.3. The molecular weight excluding hydrogens is 1570 g/mol. The molecule has 594 valence electrons. The fraction of sp³-hybridized carbons (Fsp3) is 0.135. The number of benzene rings is 7. The maximum absolute atomic E-state index is 13.8. The van der Waals surface area contributed by atoms with Crippen LogP contribution in [0, 0.1) is 67.0 Å². The number of nitrogens with zero attached hydrogens (tertiary/aromatic N) is 18. The van der Waals surface area contributed by atoms with Crippen molar-refractivity contribution in [2.45, 2.75) is 61.8 Å². The second kappa shape index (κ2) is 37.1. The SMILES string of the molecule is Cc1cc(C)c(NC(=O)c2ccc(-c3cc(-c4nnn(C)n4)ccc3C)cc2)cn1.Cc1cc(C)c(NC(=O)c2ccc(-c3cc(-c4nnn(C)n4)ccc3Cl)cc2)cn1.Cc1ccc(-c2nc(-c3ccc(C(=O)Nc4c(F)cccc4F)cc3)c(C)s2)cn1.Cc1ccncc1C(=O)Cc1ccc(-c2cc(-c3nnn(C)n3)ccc2Cl)cn1. The molecule has 9 heterocycles. The summed E-state index contributed by atoms with van der Waals surface area (Å²) in [6.07, 6.45) is 10.4. The van der Waals surface area contributed by atoms with Crippen molar-refractivity contribution < 1.29 is 28.0 Å². The van der Waals surface area contributed by atoms with E-state index in [2.05, 4.69) is 94.0 Å². The van der Waals surface area contributed by atoms with Crippen LogP contribution in [0.25, 0.3) is 89.4 Å². The molecule has 0 bridgehead atoms. The van der Waals surface area contributed by atoms with E-state index < -0.39 is 23.2 Å². The first-order valence-electron chi connectivity index (χ1n) is 37.0. The number of rotatable bonds is 17. The fourth-order valence-corrected chi connectivity index (χ4v) is 13.7. The number of hydrogen-bond donors (Lipinski definition) is 3. The van der Waals surface area contributed by atoms with Gasteiger partial charge in [0.25, 0.3) is 17.7 Å². The van der Waals surface area contributed by atoms with Crippen molar-refractivity contribution in [2.75, 3.05) is 16.0 Å². The highest BCUT2D eigenvalue weighted by atomic mass is 35.5. The van der Waals surface area contributed by atoms with Crippen molar-refractivity contribution in [3.63, 3.8) is 0 Å². The summed E-state index contributed by atoms with van der Waals surface area (Å²) >= 11 is 14.4. The minimum atomic E-state index is -0.823. The van der Waals surface area contributed by atoms with Gasteiger partial charge in [-0.15, -0.1) is 41.9 Å². The number of thiazole rings is 1. The minimum Gasteiger partial charge on any atom is -0.320 e. The first-order chi connectivity index (χ1) is 57.2. The maximum atomic E-state index is 13.8. The third-order valence-corrected chi connectivity index (χ3v) is 20.5. The Kier molecular flexibility index (Phi) is 25.7. The number of aromatic nitrogens is 18. The number of para-hydroxylation sites is 1. The maximum Gasteiger partial charge on any atom is 0.255 e. The molecule has 0 radical (unpaired) electrons. The van der Waals surface area contributed by atoms with E-state index in [4.69, 9.17) is 28.2 Å². The molecule has 3 N–H and O–H groups in total. The van der Waals surface area contributed by atoms with Gasteiger partial charge in [0.05, 0.1) is 57.0 Å². The highest BCUT2D eigenvalue weighted by Gasteiger charge is 2.21. The normalized spacial score (nSPS) is 10.8. The van der Waals surface area contributed by atoms with Crippen LogP contribution in [0.3, 0.4) is 0 Å². The van der Waals surface area contributed by atoms with E-state index in [0.29, 0.717) is 55.6 Å². The second-order valence-corrected chi connectivity index (χ2v) is 29.7. The highest BCUT2D eigenvalue weighted by Crippen LogP contribution is 2.37. The molecule has 0 aliphatic carbocycles. The zero-order valence-corrected chi connectivity index (χ0v) is 68.5. The van der Waals surface area contributed by atoms with Crippen LogP contribution in [0.5, 0.6) is 0 Å². The largest absolute Gasteiger partial charge is 0.320 e. The number of nitrogens with one attached hydrogen (secondary N) is 3. The molecule has 0 saturated carbocycles. The zero-order valence-electron chi connectivity index (χ0n) is 66.2. The molecule has 0 spiro atoms. The standard InChI is InChI=1S/C23H17F2N3OS.C23H22N6O.C22H19ClN6O.C21H17ClN6O/c1-13-6-7-17(12-26-13)23-28-20(14(2)30-23)15-8-10-16(11-9-15)22(29)27-21-18(24)4-3-5-19(21)25;1-14-5-6-19(22-26-28-29(4)27-22)12-20(14)17-7-9-18(10-8-17)23(30)25-21-13-24-16(3)11-15(21)2;1-13-10-14(2)24-12-20(13)25-22(30)16-6-4-15(5-7-16)18-11-17(8-9-19(18)23)21-26-28-29(3)27-21;1-13-7-8-23-12-18(13)20(29)10-16-5-3-15(11-24-16)17-9-14(4-6-19(17)22)21-25-27-28(2)26-21/h3-12H,1-2H3,(H,27,29);5-13H,1-4H3,(H,25,30);4-12H,1-3H3,(H,25,30);3-9,11-12H,10H2,1-2H3. The smallest absolute Gasteiger partial charge is 0.255 e. The lowest BCUT2D eigenvalue weighted by molar-refractivity contribution is 0.0987. The first-order valence-corrected chi connectivity index (χ1v) is 38.6. The van der Waals surface area contributed by atoms with E-state index in [0.717, 1.165) is 134 Å². The van der Waals surface area contributed by atoms with Gasteiger partial charge < -0.3 is 16.0 Å². The van der Waals surface area contributed by atoms with Gasteiger partial charge in [0, 0.05) is 129 Å². The molecule has 0 aliphatic rings. The van der Waals surface area contributed by atoms with Gasteiger partial charge in [0.15, 0.2) is 5.78 Å². The van der Waals surface area contributed by atoms with Crippen LogP contribution in [-0.4, -0.2) is 114 Å². The monoisotopic (exact) mass is 1640 g/mol. The van der Waals surface area contributed by atoms with Crippen LogP contribution in [0.15, 0.2) is 225 Å². The van der Waals surface area contributed by atoms with Crippen LogP contribution in [0.2, 0.25) is 10.0 Å². The van der Waals surface area contributed by atoms with E-state index in [1.165, 1.54) is 20.5 Å². The number of carbonyl (C=O) groups is 4. The molecule has 16 aromatic rings. The highest BCUT2D eigenvalue weighted by molar-refractivity contribution is 7.15. The van der Waals surface area contributed by atoms with Crippen LogP contribution in [0.4, 0.5) is 25.8 Å². The van der Waals surface area contributed by atoms with E-state index in [1.54, 1.807) is 118 Å². The summed E-state index contributed by atoms with van der Waals surface area (Å²) in [5.74, 6) is -0.981. The summed E-state index contributed by atoms with van der Waals surface area (Å²) in [4.78, 5) is 81.5. The van der Waals surface area contributed by atoms with Gasteiger partial charge in [-0.3, -0.25) is 44.1 Å². The topological polar surface area (TPSA) is 313 Å². The average Bonchev–Trinajstić information content (AvgIpc) is 1.81. The zero-order chi connectivity index (χ0) is 84.1. The number of ketones is 1. The van der Waals surface area contributed by atoms with E-state index >= 15 is 0 Å². The summed E-state index contributed by atoms with van der Waals surface area (Å²) < 4.78 is 27.5. The summed E-state index contributed by atoms with van der Waals surface area (Å²) in [7, 11) is 5.17. The van der Waals surface area contributed by atoms with Crippen LogP contribution in [0.1, 0.15) is 91.3 Å². The lowest BCUT2D eigenvalue weighted by atomic mass is 9.97. The van der Waals surface area contributed by atoms with E-state index in [9.17, 15) is 28.0 Å². The van der Waals surface area contributed by atoms with Gasteiger partial charge in [-0.2, -0.15) is 14.4 Å². The average molecular weight is 1640 g/mol. The molecular formula is C89H75Cl2F2N21O4S. The molecule has 119 heavy (non-hydrogen) atoms. The third-order valence-electron chi connectivity index (χ3n) is 18.8. The summed E-state index contributed by atoms with van der Waals surface area (Å²) in [5, 5.41) is 46.7. The number of pyridine rings is 5. The second-order valence-electron chi connectivity index (χ2n) is 27.6. The summed E-state index contributed by atoms with van der Waals surface area (Å²) in [5.41, 5.74) is 21.0. The molecule has 25 nitrogen and oxygen atoms in total. The lowest BCUT2D eigenvalue weighted by Gasteiger charge is -2.10. The molecule has 7 aromatic carbocycles. The Morgan fingerprint density at radius 1 is 0.412 bits per heavy atom. The molecule has 0 atom stereocenters. The summed E-state index contributed by atoms with van der Waals surface area (Å²) in [6, 6.07) is 55.5. The predicted molar refractivity (Wildman–Crippen MR) is 456 cm³/mol. The van der Waals surface area contributed by atoms with Crippen molar-refractivity contribution in [1.82, 2.24) is 90.5 Å². The number of amides is 3. The summed E-state index contributed by atoms with van der Waals surface area (Å²) in [6.45, 7) is 15.6. The Hall–Kier alpha value is -14.4. The minimum absolute atomic E-state index is 0.00962. The van der Waals surface area contributed by atoms with Gasteiger partial charge in [0.2, 0.25) is 17.5 Å². The van der Waals surface area contributed by atoms with Crippen LogP contribution in [-0.2, 0) is 27.6 Å². The van der Waals surface area contributed by atoms with E-state index in [1.807, 2.05) is 170 Å². The Bertz CT molecular complexity index is 6200. The fourth-order valence-electron chi connectivity index (χ4n) is 12.4. The van der Waals surface area contributed by atoms with Crippen molar-refractivity contribution >= 4 is 75.1 Å². The van der Waals surface area contributed by atoms with Crippen molar-refractivity contribution in [3.8, 4) is 89.4 Å². The quantitative estimate of drug-likeness (QED) is 0.0713. The van der Waals surface area contributed by atoms with E-state index in [-0.39, 0.29) is 29.6 Å². The Morgan fingerprint density at radius 2 is 0.849 bits per heavy atom. The molecule has 30 heteroatoms. The molecule has 16 rings (SSSR count). The van der Waals surface area contributed by atoms with Crippen molar-refractivity contribution in [1.29, 1.82) is 0 Å². The van der Waals surface area contributed by atoms with Gasteiger partial charge in [-0.1, -0.05) is 83.9 Å². The molecule has 0 unspecified atom stereocenters. The number of hydrogen-bond acceptors (Lipinski definition) is 20. The molecule has 3 amide bonds. The Labute approximate surface area is 696 Å². The number of Topliss-reactive ketones (excluding diaryl/α,β-unsaturated/α-hetero) is 1. The van der Waals surface area contributed by atoms with Crippen molar-refractivity contribution in [3.05, 3.63) is 319 Å². The number of carbonyl (C=O) groups excluding carboxylic acids is 4. The number of halogens is 4. The third kappa shape index (κ3) is 20.5. The number of aryl methyl sites for hydroxylation is 11. The van der Waals surface area contributed by atoms with Gasteiger partial charge in [-0.25, -0.2) is 13.8 Å². The molecule has 9 aromatic heterocycles. The number of tetrazole rings is 3. The van der Waals surface area contributed by atoms with Crippen molar-refractivity contribution in [2.24, 2.45) is 21.1 Å². The Morgan fingerprint density at radius 3 is 1.31 bits per heavy atom.